The molecule has 0 unspecified atom stereocenters. The summed E-state index contributed by atoms with van der Waals surface area (Å²) < 4.78 is 83.2. The molecular weight excluding hydrogens is 1030 g/mol. The first-order chi connectivity index (χ1) is 40.6. The van der Waals surface area contributed by atoms with Gasteiger partial charge in [0.25, 0.3) is 0 Å². The van der Waals surface area contributed by atoms with Gasteiger partial charge in [-0.15, -0.1) is 6.58 Å². The maximum Gasteiger partial charge on any atom is 0.229 e. The van der Waals surface area contributed by atoms with Gasteiger partial charge < -0.3 is 56.8 Å². The Hall–Kier alpha value is -7.30. The van der Waals surface area contributed by atoms with E-state index >= 15 is 0 Å². The number of hydrogen-bond acceptors (Lipinski definition) is 12. The predicted molar refractivity (Wildman–Crippen MR) is 313 cm³/mol. The van der Waals surface area contributed by atoms with E-state index in [0.29, 0.717) is 18.1 Å². The molecule has 0 spiro atoms. The van der Waals surface area contributed by atoms with Crippen molar-refractivity contribution in [2.75, 3.05) is 26.9 Å². The van der Waals surface area contributed by atoms with Crippen LogP contribution in [-0.4, -0.2) is 88.3 Å². The van der Waals surface area contributed by atoms with Crippen molar-refractivity contribution in [3.63, 3.8) is 0 Å². The predicted octanol–water partition coefficient (Wildman–Crippen LogP) is 12.8. The van der Waals surface area contributed by atoms with Crippen LogP contribution < -0.4 is 9.47 Å². The fraction of sp³-hybridized carbons (Fsp3) is 0.286. The molecule has 0 N–H and O–H groups in total. The molecule has 0 saturated carbocycles. The van der Waals surface area contributed by atoms with Gasteiger partial charge in [-0.1, -0.05) is 218 Å². The maximum atomic E-state index is 7.58. The molecule has 424 valence electrons. The topological polar surface area (TPSA) is 111 Å². The molecule has 2 saturated heterocycles. The maximum absolute atomic E-state index is 7.58. The van der Waals surface area contributed by atoms with Crippen LogP contribution in [0.1, 0.15) is 45.0 Å². The molecule has 12 heteroatoms. The van der Waals surface area contributed by atoms with Gasteiger partial charge in [-0.05, 0) is 63.2 Å². The first-order valence-electron chi connectivity index (χ1n) is 28.0. The highest BCUT2D eigenvalue weighted by atomic mass is 16.8. The zero-order chi connectivity index (χ0) is 56.0. The molecular formula is C70H72O12. The third-order valence-corrected chi connectivity index (χ3v) is 14.4. The molecule has 10 rings (SSSR count). The summed E-state index contributed by atoms with van der Waals surface area (Å²) >= 11 is 0. The van der Waals surface area contributed by atoms with Crippen LogP contribution in [0.3, 0.4) is 0 Å². The first-order valence-corrected chi connectivity index (χ1v) is 28.0. The van der Waals surface area contributed by atoms with Gasteiger partial charge in [0, 0.05) is 0 Å². The second kappa shape index (κ2) is 30.7. The minimum atomic E-state index is -1.11. The van der Waals surface area contributed by atoms with Crippen molar-refractivity contribution in [2.45, 2.75) is 101 Å². The molecule has 2 fully saturated rings. The van der Waals surface area contributed by atoms with Gasteiger partial charge in [0.05, 0.1) is 60.0 Å². The summed E-state index contributed by atoms with van der Waals surface area (Å²) in [5.41, 5.74) is 6.74. The molecule has 82 heavy (non-hydrogen) atoms. The Kier molecular flexibility index (Phi) is 21.7. The molecule has 0 aliphatic carbocycles. The van der Waals surface area contributed by atoms with Gasteiger partial charge in [-0.3, -0.25) is 0 Å². The van der Waals surface area contributed by atoms with Crippen molar-refractivity contribution >= 4 is 0 Å². The highest BCUT2D eigenvalue weighted by molar-refractivity contribution is 5.32. The monoisotopic (exact) mass is 1100 g/mol. The summed E-state index contributed by atoms with van der Waals surface area (Å²) in [7, 11) is 1.62. The van der Waals surface area contributed by atoms with E-state index in [0.717, 1.165) is 38.9 Å². The molecule has 0 radical (unpaired) electrons. The van der Waals surface area contributed by atoms with Crippen LogP contribution in [0.5, 0.6) is 11.5 Å². The van der Waals surface area contributed by atoms with Crippen molar-refractivity contribution in [3.8, 4) is 11.5 Å². The number of benzene rings is 8. The zero-order valence-corrected chi connectivity index (χ0v) is 46.2. The van der Waals surface area contributed by atoms with E-state index in [9.17, 15) is 0 Å². The highest BCUT2D eigenvalue weighted by Crippen LogP contribution is 2.38. The lowest BCUT2D eigenvalue weighted by Gasteiger charge is -2.48. The lowest BCUT2D eigenvalue weighted by Crippen LogP contribution is -2.64. The van der Waals surface area contributed by atoms with E-state index in [2.05, 4.69) is 30.8 Å². The SMILES string of the molecule is C=CCO[C@@H]1[C@H](OCc2ccccc2)[C@@H](Oc2ccc(OC)cc2)O[C@H](CO[C@@H]2O[C@H](COCc3ccccc3)[C@@H](OCc3ccccc3)[C@H](OCc3ccccc3)[C@@H]2OC(c2ccccc2)c2ccccc2)[C@H]1OCc1ccccc1. The molecule has 0 bridgehead atoms. The summed E-state index contributed by atoms with van der Waals surface area (Å²) in [6.45, 7) is 5.56. The second-order valence-electron chi connectivity index (χ2n) is 20.1. The van der Waals surface area contributed by atoms with E-state index in [1.165, 1.54) is 0 Å². The van der Waals surface area contributed by atoms with Crippen molar-refractivity contribution in [2.24, 2.45) is 0 Å². The van der Waals surface area contributed by atoms with E-state index in [1.807, 2.05) is 212 Å². The second-order valence-corrected chi connectivity index (χ2v) is 20.1. The molecule has 8 aromatic carbocycles. The normalized spacial score (nSPS) is 22.6. The molecule has 8 aromatic rings. The largest absolute Gasteiger partial charge is 0.497 e. The minimum Gasteiger partial charge on any atom is -0.497 e. The average Bonchev–Trinajstić information content (AvgIpc) is 3.70. The highest BCUT2D eigenvalue weighted by Gasteiger charge is 2.53. The van der Waals surface area contributed by atoms with Crippen LogP contribution in [0.25, 0.3) is 0 Å². The summed E-state index contributed by atoms with van der Waals surface area (Å²) in [5, 5.41) is 0. The summed E-state index contributed by atoms with van der Waals surface area (Å²) in [5.74, 6) is 1.20. The van der Waals surface area contributed by atoms with Gasteiger partial charge in [0.15, 0.2) is 6.29 Å². The Bertz CT molecular complexity index is 3000. The van der Waals surface area contributed by atoms with Crippen LogP contribution in [-0.2, 0) is 80.4 Å². The van der Waals surface area contributed by atoms with E-state index < -0.39 is 67.5 Å². The van der Waals surface area contributed by atoms with Gasteiger partial charge in [0.1, 0.15) is 66.4 Å². The number of methoxy groups -OCH3 is 1. The van der Waals surface area contributed by atoms with Gasteiger partial charge >= 0.3 is 0 Å². The lowest BCUT2D eigenvalue weighted by molar-refractivity contribution is -0.347. The Balaban J connectivity index is 1.05. The van der Waals surface area contributed by atoms with Crippen LogP contribution in [0.15, 0.2) is 249 Å². The molecule has 12 nitrogen and oxygen atoms in total. The molecule has 2 aliphatic rings. The summed E-state index contributed by atoms with van der Waals surface area (Å²) in [4.78, 5) is 0. The van der Waals surface area contributed by atoms with E-state index in [1.54, 1.807) is 13.2 Å². The third kappa shape index (κ3) is 16.2. The lowest BCUT2D eigenvalue weighted by atomic mass is 9.95. The van der Waals surface area contributed by atoms with Crippen molar-refractivity contribution in [3.05, 3.63) is 288 Å². The minimum absolute atomic E-state index is 0.0916. The van der Waals surface area contributed by atoms with E-state index in [-0.39, 0.29) is 46.2 Å². The van der Waals surface area contributed by atoms with Gasteiger partial charge in [0.2, 0.25) is 6.29 Å². The summed E-state index contributed by atoms with van der Waals surface area (Å²) in [6, 6.07) is 77.8. The number of rotatable bonds is 29. The number of hydrogen-bond donors (Lipinski definition) is 0. The van der Waals surface area contributed by atoms with E-state index in [4.69, 9.17) is 56.8 Å². The van der Waals surface area contributed by atoms with Crippen molar-refractivity contribution < 1.29 is 56.8 Å². The van der Waals surface area contributed by atoms with Crippen LogP contribution in [0.2, 0.25) is 0 Å². The first kappa shape index (κ1) is 57.9. The fourth-order valence-electron chi connectivity index (χ4n) is 10.2. The number of ether oxygens (including phenoxy) is 12. The zero-order valence-electron chi connectivity index (χ0n) is 46.2. The third-order valence-electron chi connectivity index (χ3n) is 14.4. The Morgan fingerprint density at radius 2 is 0.756 bits per heavy atom. The average molecular weight is 1110 g/mol. The van der Waals surface area contributed by atoms with Crippen molar-refractivity contribution in [1.82, 2.24) is 0 Å². The Morgan fingerprint density at radius 3 is 1.21 bits per heavy atom. The smallest absolute Gasteiger partial charge is 0.229 e. The standard InChI is InChI=1S/C70H72O12/c1-3-43-73-65-64(75-46-53-29-15-6-16-30-53)61(81-70(79-59-41-39-58(71-2)40-42-59)67(65)77-48-55-33-19-8-20-34-55)50-78-69-68(82-62(56-35-21-9-22-36-56)57-37-23-10-24-38-57)66(76-47-54-31-17-7-18-32-54)63(74-45-52-27-13-5-14-28-52)60(80-69)49-72-44-51-25-11-4-12-26-51/h3-42,60-70H,1,43-50H2,2H3/t60-,61-,63-,64-,65+,66+,67+,68+,69-,70+/m1/s1. The Labute approximate surface area is 482 Å². The van der Waals surface area contributed by atoms with Gasteiger partial charge in [-0.25, -0.2) is 0 Å². The molecule has 10 atom stereocenters. The molecule has 2 aliphatic heterocycles. The fourth-order valence-corrected chi connectivity index (χ4v) is 10.2. The van der Waals surface area contributed by atoms with Crippen LogP contribution in [0, 0.1) is 0 Å². The van der Waals surface area contributed by atoms with Crippen molar-refractivity contribution in [1.29, 1.82) is 0 Å². The molecule has 0 aromatic heterocycles. The Morgan fingerprint density at radius 1 is 0.378 bits per heavy atom. The van der Waals surface area contributed by atoms with Crippen LogP contribution in [0.4, 0.5) is 0 Å². The quantitative estimate of drug-likeness (QED) is 0.0416. The molecule has 2 heterocycles. The molecule has 0 amide bonds. The van der Waals surface area contributed by atoms with Crippen LogP contribution >= 0.6 is 0 Å². The summed E-state index contributed by atoms with van der Waals surface area (Å²) in [6.07, 6.45) is -7.47. The van der Waals surface area contributed by atoms with Gasteiger partial charge in [-0.2, -0.15) is 0 Å².